The second-order valence-corrected chi connectivity index (χ2v) is 5.02. The minimum Gasteiger partial charge on any atom is -0.370 e. The van der Waals surface area contributed by atoms with Crippen molar-refractivity contribution < 1.29 is 9.13 Å². The first kappa shape index (κ1) is 11.6. The van der Waals surface area contributed by atoms with Crippen LogP contribution in [0.4, 0.5) is 4.39 Å². The Balaban J connectivity index is 2.12. The van der Waals surface area contributed by atoms with Gasteiger partial charge in [0.25, 0.3) is 0 Å². The number of hydrogen-bond acceptors (Lipinski definition) is 1. The molecule has 0 N–H and O–H groups in total. The Labute approximate surface area is 96.6 Å². The summed E-state index contributed by atoms with van der Waals surface area (Å²) in [6, 6.07) is 3.60. The quantitative estimate of drug-likeness (QED) is 0.714. The van der Waals surface area contributed by atoms with Crippen LogP contribution in [-0.2, 0) is 11.2 Å². The molecular formula is C14H19FO. The molecule has 0 aromatic heterocycles. The molecule has 0 aliphatic carbocycles. The number of benzene rings is 1. The fraction of sp³-hybridized carbons (Fsp3) is 0.571. The highest BCUT2D eigenvalue weighted by atomic mass is 19.1. The van der Waals surface area contributed by atoms with Crippen LogP contribution < -0.4 is 0 Å². The van der Waals surface area contributed by atoms with Crippen LogP contribution in [0.2, 0.25) is 0 Å². The number of hydrogen-bond donors (Lipinski definition) is 0. The van der Waals surface area contributed by atoms with E-state index in [0.717, 1.165) is 23.1 Å². The van der Waals surface area contributed by atoms with Crippen LogP contribution >= 0.6 is 0 Å². The summed E-state index contributed by atoms with van der Waals surface area (Å²) in [5.74, 6) is 0.315. The van der Waals surface area contributed by atoms with Crippen LogP contribution in [0, 0.1) is 25.6 Å². The van der Waals surface area contributed by atoms with Crippen molar-refractivity contribution in [2.45, 2.75) is 46.3 Å². The molecule has 1 nitrogen and oxygen atoms in total. The van der Waals surface area contributed by atoms with E-state index in [1.54, 1.807) is 6.07 Å². The lowest BCUT2D eigenvalue weighted by atomic mass is 9.94. The zero-order valence-corrected chi connectivity index (χ0v) is 10.4. The van der Waals surface area contributed by atoms with Crippen LogP contribution in [0.1, 0.15) is 30.5 Å². The highest BCUT2D eigenvalue weighted by Gasteiger charge is 2.38. The molecule has 1 aromatic rings. The van der Waals surface area contributed by atoms with Crippen molar-refractivity contribution in [1.29, 1.82) is 0 Å². The summed E-state index contributed by atoms with van der Waals surface area (Å²) < 4.78 is 19.2. The Hall–Kier alpha value is -0.890. The van der Waals surface area contributed by atoms with Gasteiger partial charge in [0, 0.05) is 0 Å². The first-order chi connectivity index (χ1) is 7.49. The minimum atomic E-state index is -0.0803. The van der Waals surface area contributed by atoms with Gasteiger partial charge in [0.2, 0.25) is 0 Å². The van der Waals surface area contributed by atoms with Crippen molar-refractivity contribution in [3.63, 3.8) is 0 Å². The molecule has 16 heavy (non-hydrogen) atoms. The Morgan fingerprint density at radius 1 is 1.31 bits per heavy atom. The van der Waals surface area contributed by atoms with Gasteiger partial charge in [-0.15, -0.1) is 0 Å². The molecular weight excluding hydrogens is 203 g/mol. The second-order valence-electron chi connectivity index (χ2n) is 5.02. The minimum absolute atomic E-state index is 0.0803. The molecule has 3 atom stereocenters. The molecule has 2 heteroatoms. The lowest BCUT2D eigenvalue weighted by Crippen LogP contribution is -2.10. The largest absolute Gasteiger partial charge is 0.370 e. The number of epoxide rings is 1. The van der Waals surface area contributed by atoms with Gasteiger partial charge in [-0.3, -0.25) is 0 Å². The molecule has 0 spiro atoms. The zero-order chi connectivity index (χ0) is 11.9. The van der Waals surface area contributed by atoms with Crippen LogP contribution in [0.25, 0.3) is 0 Å². The molecule has 1 heterocycles. The van der Waals surface area contributed by atoms with E-state index < -0.39 is 0 Å². The third-order valence-corrected chi connectivity index (χ3v) is 3.52. The third kappa shape index (κ3) is 2.27. The van der Waals surface area contributed by atoms with Crippen molar-refractivity contribution in [3.8, 4) is 0 Å². The average Bonchev–Trinajstić information content (AvgIpc) is 2.92. The summed E-state index contributed by atoms with van der Waals surface area (Å²) in [5, 5.41) is 0. The normalized spacial score (nSPS) is 25.6. The lowest BCUT2D eigenvalue weighted by molar-refractivity contribution is 0.326. The first-order valence-corrected chi connectivity index (χ1v) is 5.90. The predicted octanol–water partition coefficient (Wildman–Crippen LogP) is 3.41. The van der Waals surface area contributed by atoms with Gasteiger partial charge in [-0.05, 0) is 55.9 Å². The monoisotopic (exact) mass is 222 g/mol. The summed E-state index contributed by atoms with van der Waals surface area (Å²) in [4.78, 5) is 0. The first-order valence-electron chi connectivity index (χ1n) is 5.90. The molecule has 3 unspecified atom stereocenters. The fourth-order valence-electron chi connectivity index (χ4n) is 2.26. The van der Waals surface area contributed by atoms with E-state index in [9.17, 15) is 4.39 Å². The van der Waals surface area contributed by atoms with Gasteiger partial charge in [0.1, 0.15) is 5.82 Å². The molecule has 1 fully saturated rings. The average molecular weight is 222 g/mol. The number of aryl methyl sites for hydroxylation is 2. The Morgan fingerprint density at radius 2 is 1.88 bits per heavy atom. The van der Waals surface area contributed by atoms with Crippen molar-refractivity contribution in [1.82, 2.24) is 0 Å². The highest BCUT2D eigenvalue weighted by molar-refractivity contribution is 5.31. The smallest absolute Gasteiger partial charge is 0.126 e. The number of ether oxygens (including phenoxy) is 1. The standard InChI is InChI=1S/C14H19FO/c1-8-5-12(13(15)7-9(8)2)6-10(3)14-11(4)16-14/h5,7,10-11,14H,6H2,1-4H3. The summed E-state index contributed by atoms with van der Waals surface area (Å²) in [7, 11) is 0. The number of halogens is 1. The van der Waals surface area contributed by atoms with E-state index in [0.29, 0.717) is 18.1 Å². The summed E-state index contributed by atoms with van der Waals surface area (Å²) in [6.45, 7) is 8.16. The highest BCUT2D eigenvalue weighted by Crippen LogP contribution is 2.31. The van der Waals surface area contributed by atoms with E-state index >= 15 is 0 Å². The van der Waals surface area contributed by atoms with Crippen LogP contribution in [0.3, 0.4) is 0 Å². The maximum Gasteiger partial charge on any atom is 0.126 e. The molecule has 88 valence electrons. The van der Waals surface area contributed by atoms with Crippen molar-refractivity contribution in [3.05, 3.63) is 34.6 Å². The molecule has 1 aliphatic rings. The predicted molar refractivity (Wildman–Crippen MR) is 63.1 cm³/mol. The molecule has 2 rings (SSSR count). The molecule has 1 aromatic carbocycles. The Morgan fingerprint density at radius 3 is 2.44 bits per heavy atom. The SMILES string of the molecule is Cc1cc(F)c(CC(C)C2OC2C)cc1C. The molecule has 1 saturated heterocycles. The zero-order valence-electron chi connectivity index (χ0n) is 10.4. The molecule has 0 saturated carbocycles. The van der Waals surface area contributed by atoms with Crippen LogP contribution in [-0.4, -0.2) is 12.2 Å². The summed E-state index contributed by atoms with van der Waals surface area (Å²) in [6.07, 6.45) is 1.44. The lowest BCUT2D eigenvalue weighted by Gasteiger charge is -2.11. The van der Waals surface area contributed by atoms with Gasteiger partial charge in [0.05, 0.1) is 12.2 Å². The molecule has 0 radical (unpaired) electrons. The van der Waals surface area contributed by atoms with Gasteiger partial charge < -0.3 is 4.74 Å². The van der Waals surface area contributed by atoms with Crippen molar-refractivity contribution in [2.24, 2.45) is 5.92 Å². The maximum atomic E-state index is 13.7. The van der Waals surface area contributed by atoms with E-state index in [1.807, 2.05) is 19.9 Å². The van der Waals surface area contributed by atoms with Crippen LogP contribution in [0.15, 0.2) is 12.1 Å². The van der Waals surface area contributed by atoms with E-state index in [-0.39, 0.29) is 5.82 Å². The van der Waals surface area contributed by atoms with Gasteiger partial charge in [-0.25, -0.2) is 4.39 Å². The van der Waals surface area contributed by atoms with Gasteiger partial charge >= 0.3 is 0 Å². The second kappa shape index (κ2) is 4.17. The maximum absolute atomic E-state index is 13.7. The van der Waals surface area contributed by atoms with Gasteiger partial charge in [-0.1, -0.05) is 13.0 Å². The van der Waals surface area contributed by atoms with Crippen molar-refractivity contribution in [2.75, 3.05) is 0 Å². The van der Waals surface area contributed by atoms with E-state index in [4.69, 9.17) is 4.74 Å². The van der Waals surface area contributed by atoms with E-state index in [2.05, 4.69) is 13.8 Å². The molecule has 0 bridgehead atoms. The fourth-order valence-corrected chi connectivity index (χ4v) is 2.26. The van der Waals surface area contributed by atoms with Crippen molar-refractivity contribution >= 4 is 0 Å². The topological polar surface area (TPSA) is 12.5 Å². The third-order valence-electron chi connectivity index (χ3n) is 3.52. The van der Waals surface area contributed by atoms with E-state index in [1.165, 1.54) is 0 Å². The summed E-state index contributed by atoms with van der Waals surface area (Å²) >= 11 is 0. The number of rotatable bonds is 3. The summed E-state index contributed by atoms with van der Waals surface area (Å²) in [5.41, 5.74) is 3.00. The Bertz CT molecular complexity index is 400. The van der Waals surface area contributed by atoms with Crippen LogP contribution in [0.5, 0.6) is 0 Å². The van der Waals surface area contributed by atoms with Gasteiger partial charge in [-0.2, -0.15) is 0 Å². The molecule has 1 aliphatic heterocycles. The Kier molecular flexibility index (Phi) is 3.02. The molecule has 0 amide bonds. The van der Waals surface area contributed by atoms with Gasteiger partial charge in [0.15, 0.2) is 0 Å².